The lowest BCUT2D eigenvalue weighted by Gasteiger charge is -2.06. The summed E-state index contributed by atoms with van der Waals surface area (Å²) in [5, 5.41) is 5.44. The number of esters is 1. The molecule has 0 atom stereocenters. The Morgan fingerprint density at radius 1 is 0.967 bits per heavy atom. The Kier molecular flexibility index (Phi) is 6.59. The van der Waals surface area contributed by atoms with E-state index in [0.29, 0.717) is 28.4 Å². The van der Waals surface area contributed by atoms with Crippen LogP contribution in [0.2, 0.25) is 0 Å². The molecule has 0 spiro atoms. The average molecular weight is 407 g/mol. The van der Waals surface area contributed by atoms with E-state index in [9.17, 15) is 19.2 Å². The van der Waals surface area contributed by atoms with E-state index in [2.05, 4.69) is 10.6 Å². The van der Waals surface area contributed by atoms with Gasteiger partial charge < -0.3 is 21.1 Å². The molecule has 0 aromatic heterocycles. The van der Waals surface area contributed by atoms with Gasteiger partial charge in [-0.25, -0.2) is 4.79 Å². The van der Waals surface area contributed by atoms with Gasteiger partial charge in [0.15, 0.2) is 6.61 Å². The van der Waals surface area contributed by atoms with Gasteiger partial charge in [-0.3, -0.25) is 14.4 Å². The average Bonchev–Trinajstić information content (AvgIpc) is 3.55. The van der Waals surface area contributed by atoms with Gasteiger partial charge in [-0.15, -0.1) is 0 Å². The van der Waals surface area contributed by atoms with Crippen molar-refractivity contribution in [1.82, 2.24) is 5.32 Å². The van der Waals surface area contributed by atoms with Gasteiger partial charge in [-0.05, 0) is 60.9 Å². The summed E-state index contributed by atoms with van der Waals surface area (Å²) in [7, 11) is 0. The third-order valence-corrected chi connectivity index (χ3v) is 4.30. The first-order valence-corrected chi connectivity index (χ1v) is 9.36. The van der Waals surface area contributed by atoms with E-state index < -0.39 is 24.4 Å². The van der Waals surface area contributed by atoms with Crippen LogP contribution < -0.4 is 16.4 Å². The number of carbonyl (C=O) groups excluding carboxylic acids is 4. The van der Waals surface area contributed by atoms with Crippen LogP contribution in [0.5, 0.6) is 0 Å². The van der Waals surface area contributed by atoms with Crippen molar-refractivity contribution in [3.8, 4) is 0 Å². The highest BCUT2D eigenvalue weighted by atomic mass is 16.5. The number of hydrogen-bond acceptors (Lipinski definition) is 5. The zero-order chi connectivity index (χ0) is 21.5. The zero-order valence-corrected chi connectivity index (χ0v) is 16.1. The van der Waals surface area contributed by atoms with Crippen molar-refractivity contribution >= 4 is 35.5 Å². The highest BCUT2D eigenvalue weighted by Crippen LogP contribution is 2.19. The number of ether oxygens (including phenoxy) is 1. The summed E-state index contributed by atoms with van der Waals surface area (Å²) >= 11 is 0. The number of primary amides is 1. The predicted octanol–water partition coefficient (Wildman–Crippen LogP) is 1.87. The number of hydrogen-bond donors (Lipinski definition) is 3. The first-order valence-electron chi connectivity index (χ1n) is 9.36. The zero-order valence-electron chi connectivity index (χ0n) is 16.1. The minimum Gasteiger partial charge on any atom is -0.452 e. The van der Waals surface area contributed by atoms with Gasteiger partial charge >= 0.3 is 5.97 Å². The summed E-state index contributed by atoms with van der Waals surface area (Å²) < 4.78 is 4.90. The molecule has 8 nitrogen and oxygen atoms in total. The molecule has 3 rings (SSSR count). The van der Waals surface area contributed by atoms with Gasteiger partial charge in [0.05, 0.1) is 0 Å². The molecule has 1 aliphatic carbocycles. The second kappa shape index (κ2) is 9.51. The molecule has 1 fully saturated rings. The molecule has 30 heavy (non-hydrogen) atoms. The highest BCUT2D eigenvalue weighted by molar-refractivity contribution is 5.97. The number of rotatable bonds is 8. The maximum Gasteiger partial charge on any atom is 0.331 e. The van der Waals surface area contributed by atoms with Crippen LogP contribution in [-0.4, -0.2) is 36.3 Å². The van der Waals surface area contributed by atoms with Crippen molar-refractivity contribution in [2.45, 2.75) is 18.9 Å². The molecule has 1 aliphatic rings. The largest absolute Gasteiger partial charge is 0.452 e. The van der Waals surface area contributed by atoms with Crippen LogP contribution >= 0.6 is 0 Å². The Balaban J connectivity index is 1.43. The van der Waals surface area contributed by atoms with Crippen LogP contribution in [0.15, 0.2) is 54.6 Å². The standard InChI is InChI=1S/C22H21N3O5/c23-21(28)15-6-8-17(9-7-15)24-19(26)13-30-20(27)12-3-14-1-4-16(5-2-14)22(29)25-18-10-11-18/h1-9,12,18H,10-11,13H2,(H2,23,28)(H,24,26)(H,25,29)/b12-3+. The lowest BCUT2D eigenvalue weighted by Crippen LogP contribution is -2.25. The normalized spacial score (nSPS) is 12.9. The highest BCUT2D eigenvalue weighted by Gasteiger charge is 2.23. The summed E-state index contributed by atoms with van der Waals surface area (Å²) in [6.45, 7) is -0.457. The Hall–Kier alpha value is -3.94. The van der Waals surface area contributed by atoms with E-state index in [4.69, 9.17) is 10.5 Å². The fourth-order valence-electron chi connectivity index (χ4n) is 2.51. The maximum absolute atomic E-state index is 11.9. The van der Waals surface area contributed by atoms with Gasteiger partial charge in [0.1, 0.15) is 0 Å². The van der Waals surface area contributed by atoms with Crippen LogP contribution in [0.1, 0.15) is 39.1 Å². The molecule has 2 aromatic rings. The van der Waals surface area contributed by atoms with Crippen molar-refractivity contribution < 1.29 is 23.9 Å². The van der Waals surface area contributed by atoms with Gasteiger partial charge in [0.25, 0.3) is 11.8 Å². The van der Waals surface area contributed by atoms with Gasteiger partial charge in [0.2, 0.25) is 5.91 Å². The quantitative estimate of drug-likeness (QED) is 0.455. The molecule has 0 radical (unpaired) electrons. The molecule has 0 unspecified atom stereocenters. The Bertz CT molecular complexity index is 977. The van der Waals surface area contributed by atoms with E-state index in [-0.39, 0.29) is 5.91 Å². The van der Waals surface area contributed by atoms with Crippen LogP contribution in [0.4, 0.5) is 5.69 Å². The number of nitrogens with one attached hydrogen (secondary N) is 2. The molecule has 4 N–H and O–H groups in total. The molecular weight excluding hydrogens is 386 g/mol. The van der Waals surface area contributed by atoms with Crippen LogP contribution in [0.3, 0.4) is 0 Å². The second-order valence-electron chi connectivity index (χ2n) is 6.80. The molecule has 0 heterocycles. The van der Waals surface area contributed by atoms with Crippen LogP contribution in [0, 0.1) is 0 Å². The van der Waals surface area contributed by atoms with Crippen molar-refractivity contribution in [2.75, 3.05) is 11.9 Å². The summed E-state index contributed by atoms with van der Waals surface area (Å²) in [5.74, 6) is -1.87. The van der Waals surface area contributed by atoms with E-state index in [1.807, 2.05) is 0 Å². The number of amides is 3. The van der Waals surface area contributed by atoms with Crippen molar-refractivity contribution in [3.05, 3.63) is 71.3 Å². The lowest BCUT2D eigenvalue weighted by atomic mass is 10.1. The van der Waals surface area contributed by atoms with Gasteiger partial charge in [-0.2, -0.15) is 0 Å². The minimum absolute atomic E-state index is 0.109. The molecule has 154 valence electrons. The van der Waals surface area contributed by atoms with E-state index in [1.165, 1.54) is 36.4 Å². The van der Waals surface area contributed by atoms with Crippen molar-refractivity contribution in [3.63, 3.8) is 0 Å². The number of nitrogens with two attached hydrogens (primary N) is 1. The number of benzene rings is 2. The second-order valence-corrected chi connectivity index (χ2v) is 6.80. The molecular formula is C22H21N3O5. The van der Waals surface area contributed by atoms with Gasteiger partial charge in [0, 0.05) is 28.9 Å². The molecule has 2 aromatic carbocycles. The summed E-state index contributed by atoms with van der Waals surface area (Å²) in [5.41, 5.74) is 7.19. The summed E-state index contributed by atoms with van der Waals surface area (Å²) in [6, 6.07) is 13.1. The predicted molar refractivity (Wildman–Crippen MR) is 111 cm³/mol. The molecule has 0 saturated heterocycles. The van der Waals surface area contributed by atoms with Gasteiger partial charge in [-0.1, -0.05) is 12.1 Å². The summed E-state index contributed by atoms with van der Waals surface area (Å²) in [4.78, 5) is 46.6. The Morgan fingerprint density at radius 2 is 1.60 bits per heavy atom. The monoisotopic (exact) mass is 407 g/mol. The van der Waals surface area contributed by atoms with E-state index in [1.54, 1.807) is 24.3 Å². The molecule has 0 aliphatic heterocycles. The smallest absolute Gasteiger partial charge is 0.331 e. The molecule has 3 amide bonds. The van der Waals surface area contributed by atoms with Crippen LogP contribution in [0.25, 0.3) is 6.08 Å². The first-order chi connectivity index (χ1) is 14.4. The topological polar surface area (TPSA) is 128 Å². The summed E-state index contributed by atoms with van der Waals surface area (Å²) in [6.07, 6.45) is 4.78. The SMILES string of the molecule is NC(=O)c1ccc(NC(=O)COC(=O)/C=C/c2ccc(C(=O)NC3CC3)cc2)cc1. The molecule has 8 heteroatoms. The third kappa shape index (κ3) is 6.30. The maximum atomic E-state index is 11.9. The third-order valence-electron chi connectivity index (χ3n) is 4.30. The lowest BCUT2D eigenvalue weighted by molar-refractivity contribution is -0.142. The van der Waals surface area contributed by atoms with E-state index in [0.717, 1.165) is 12.8 Å². The molecule has 1 saturated carbocycles. The molecule has 0 bridgehead atoms. The number of anilines is 1. The minimum atomic E-state index is -0.676. The van der Waals surface area contributed by atoms with E-state index >= 15 is 0 Å². The fourth-order valence-corrected chi connectivity index (χ4v) is 2.51. The Morgan fingerprint density at radius 3 is 2.20 bits per heavy atom. The van der Waals surface area contributed by atoms with Crippen molar-refractivity contribution in [1.29, 1.82) is 0 Å². The van der Waals surface area contributed by atoms with Crippen molar-refractivity contribution in [2.24, 2.45) is 5.73 Å². The first kappa shape index (κ1) is 20.8. The fraction of sp³-hybridized carbons (Fsp3) is 0.182. The number of carbonyl (C=O) groups is 4. The van der Waals surface area contributed by atoms with Crippen LogP contribution in [-0.2, 0) is 14.3 Å². The Labute approximate surface area is 173 Å².